The summed E-state index contributed by atoms with van der Waals surface area (Å²) in [6.45, 7) is -2.10. The van der Waals surface area contributed by atoms with Crippen molar-refractivity contribution in [1.82, 2.24) is 36.8 Å². The Bertz CT molecular complexity index is 1330. The largest absolute Gasteiger partial charge is 0.394 e. The van der Waals surface area contributed by atoms with Crippen LogP contribution in [0.15, 0.2) is 0 Å². The maximum absolute atomic E-state index is 13.9. The lowest BCUT2D eigenvalue weighted by Gasteiger charge is -2.30. The Hall–Kier alpha value is -4.52. The SMILES string of the molecule is NCCCC[C@H](NC(=O)[C@@H]1CCCN1C(=O)[C@H](CCCCN)NC(=O)[C@H](CO)NC(=O)[C@H](CCCCN)NC(=O)[C@H](CO)NC(=O)[C@H](CO)NC(=O)CN)C(N)=O. The number of carbonyl (C=O) groups is 8. The summed E-state index contributed by atoms with van der Waals surface area (Å²) in [5, 5.41) is 43.8. The van der Waals surface area contributed by atoms with Gasteiger partial charge in [0.25, 0.3) is 0 Å². The Labute approximate surface area is 331 Å². The van der Waals surface area contributed by atoms with Gasteiger partial charge in [-0.1, -0.05) is 0 Å². The number of hydrogen-bond acceptors (Lipinski definition) is 15. The van der Waals surface area contributed by atoms with Gasteiger partial charge < -0.3 is 80.8 Å². The van der Waals surface area contributed by atoms with Crippen LogP contribution in [0.5, 0.6) is 0 Å². The first kappa shape index (κ1) is 50.5. The minimum Gasteiger partial charge on any atom is -0.394 e. The van der Waals surface area contributed by atoms with Gasteiger partial charge in [-0.25, -0.2) is 0 Å². The first-order valence-corrected chi connectivity index (χ1v) is 19.3. The van der Waals surface area contributed by atoms with Crippen LogP contribution in [-0.2, 0) is 38.4 Å². The van der Waals surface area contributed by atoms with Gasteiger partial charge in [0.05, 0.1) is 26.4 Å². The Morgan fingerprint density at radius 3 is 1.39 bits per heavy atom. The molecule has 7 atom stereocenters. The van der Waals surface area contributed by atoms with E-state index in [-0.39, 0.29) is 38.8 Å². The van der Waals surface area contributed by atoms with E-state index in [0.717, 1.165) is 0 Å². The molecule has 0 radical (unpaired) electrons. The second kappa shape index (κ2) is 28.0. The Balaban J connectivity index is 3.16. The van der Waals surface area contributed by atoms with E-state index >= 15 is 0 Å². The Kier molecular flexibility index (Phi) is 24.8. The molecule has 1 rings (SSSR count). The van der Waals surface area contributed by atoms with Crippen molar-refractivity contribution in [2.24, 2.45) is 28.7 Å². The summed E-state index contributed by atoms with van der Waals surface area (Å²) in [6, 6.07) is -9.26. The second-order valence-electron chi connectivity index (χ2n) is 13.6. The zero-order valence-corrected chi connectivity index (χ0v) is 32.4. The molecule has 326 valence electrons. The molecule has 23 heteroatoms. The lowest BCUT2D eigenvalue weighted by Crippen LogP contribution is -2.61. The minimum atomic E-state index is -1.64. The molecule has 0 bridgehead atoms. The van der Waals surface area contributed by atoms with Crippen molar-refractivity contribution in [2.75, 3.05) is 52.5 Å². The average molecular weight is 817 g/mol. The normalized spacial score (nSPS) is 16.9. The van der Waals surface area contributed by atoms with Crippen LogP contribution in [0.3, 0.4) is 0 Å². The van der Waals surface area contributed by atoms with Gasteiger partial charge in [0.2, 0.25) is 47.3 Å². The summed E-state index contributed by atoms with van der Waals surface area (Å²) in [7, 11) is 0. The number of rotatable bonds is 29. The van der Waals surface area contributed by atoms with E-state index in [1.54, 1.807) is 0 Å². The zero-order valence-electron chi connectivity index (χ0n) is 32.4. The van der Waals surface area contributed by atoms with Crippen molar-refractivity contribution >= 4 is 47.3 Å². The first-order valence-electron chi connectivity index (χ1n) is 19.3. The average Bonchev–Trinajstić information content (AvgIpc) is 3.69. The number of amides is 8. The number of aliphatic hydroxyl groups excluding tert-OH is 3. The van der Waals surface area contributed by atoms with Crippen LogP contribution in [0.25, 0.3) is 0 Å². The number of nitrogens with two attached hydrogens (primary N) is 5. The van der Waals surface area contributed by atoms with Gasteiger partial charge in [0, 0.05) is 6.54 Å². The molecule has 1 saturated heterocycles. The Morgan fingerprint density at radius 1 is 0.544 bits per heavy atom. The van der Waals surface area contributed by atoms with Crippen molar-refractivity contribution in [1.29, 1.82) is 0 Å². The summed E-state index contributed by atoms with van der Waals surface area (Å²) in [5.41, 5.74) is 27.5. The predicted octanol–water partition coefficient (Wildman–Crippen LogP) is -7.31. The predicted molar refractivity (Wildman–Crippen MR) is 205 cm³/mol. The molecule has 1 aliphatic rings. The maximum Gasteiger partial charge on any atom is 0.245 e. The number of likely N-dealkylation sites (tertiary alicyclic amines) is 1. The Morgan fingerprint density at radius 2 is 0.947 bits per heavy atom. The number of nitrogens with zero attached hydrogens (tertiary/aromatic N) is 1. The van der Waals surface area contributed by atoms with Crippen LogP contribution in [0.2, 0.25) is 0 Å². The van der Waals surface area contributed by atoms with E-state index in [0.29, 0.717) is 58.0 Å². The monoisotopic (exact) mass is 816 g/mol. The third-order valence-corrected chi connectivity index (χ3v) is 9.24. The fourth-order valence-electron chi connectivity index (χ4n) is 5.99. The first-order chi connectivity index (χ1) is 27.2. The molecule has 19 N–H and O–H groups in total. The highest BCUT2D eigenvalue weighted by molar-refractivity contribution is 5.97. The highest BCUT2D eigenvalue weighted by atomic mass is 16.3. The molecule has 0 saturated carbocycles. The molecule has 1 fully saturated rings. The molecule has 0 aliphatic carbocycles. The third kappa shape index (κ3) is 17.7. The standard InChI is InChI=1S/C34H64N12O11/c35-12-4-1-8-20(28(39)51)41-33(56)26-11-7-15-46(26)34(57)22(10-3-6-14-37)43-32(55)25(19-49)44-29(52)21(9-2-5-13-36)42-31(54)24(18-48)45-30(53)23(17-47)40-27(50)16-38/h20-26,47-49H,1-19,35-38H2,(H2,39,51)(H,40,50)(H,41,56)(H,42,54)(H,43,55)(H,44,52)(H,45,53)/t20-,21-,22-,23-,24-,25-,26-/m0/s1. The summed E-state index contributed by atoms with van der Waals surface area (Å²) < 4.78 is 0. The molecule has 57 heavy (non-hydrogen) atoms. The summed E-state index contributed by atoms with van der Waals surface area (Å²) >= 11 is 0. The molecule has 0 aromatic carbocycles. The smallest absolute Gasteiger partial charge is 0.245 e. The van der Waals surface area contributed by atoms with Gasteiger partial charge in [-0.3, -0.25) is 38.4 Å². The lowest BCUT2D eigenvalue weighted by molar-refractivity contribution is -0.142. The summed E-state index contributed by atoms with van der Waals surface area (Å²) in [4.78, 5) is 105. The van der Waals surface area contributed by atoms with E-state index < -0.39 is 116 Å². The van der Waals surface area contributed by atoms with Crippen LogP contribution in [-0.4, -0.2) is 162 Å². The quantitative estimate of drug-likeness (QED) is 0.0312. The number of hydrogen-bond donors (Lipinski definition) is 14. The van der Waals surface area contributed by atoms with E-state index in [4.69, 9.17) is 28.7 Å². The third-order valence-electron chi connectivity index (χ3n) is 9.24. The van der Waals surface area contributed by atoms with Gasteiger partial charge in [-0.05, 0) is 90.3 Å². The molecule has 0 aromatic rings. The van der Waals surface area contributed by atoms with Crippen LogP contribution < -0.4 is 60.6 Å². The number of nitrogens with one attached hydrogen (secondary N) is 6. The molecule has 23 nitrogen and oxygen atoms in total. The zero-order chi connectivity index (χ0) is 42.9. The highest BCUT2D eigenvalue weighted by Crippen LogP contribution is 2.21. The van der Waals surface area contributed by atoms with Crippen molar-refractivity contribution in [3.05, 3.63) is 0 Å². The summed E-state index contributed by atoms with van der Waals surface area (Å²) in [5.74, 6) is -6.63. The molecule has 0 unspecified atom stereocenters. The van der Waals surface area contributed by atoms with Gasteiger partial charge in [-0.2, -0.15) is 0 Å². The minimum absolute atomic E-state index is 0.0191. The van der Waals surface area contributed by atoms with Crippen molar-refractivity contribution in [3.63, 3.8) is 0 Å². The number of carbonyl (C=O) groups excluding carboxylic acids is 8. The topological polar surface area (TPSA) is 403 Å². The molecule has 1 heterocycles. The fraction of sp³-hybridized carbons (Fsp3) is 0.765. The van der Waals surface area contributed by atoms with Crippen molar-refractivity contribution < 1.29 is 53.7 Å². The number of unbranched alkanes of at least 4 members (excludes halogenated alkanes) is 3. The fourth-order valence-corrected chi connectivity index (χ4v) is 5.99. The van der Waals surface area contributed by atoms with Gasteiger partial charge >= 0.3 is 0 Å². The number of primary amides is 1. The van der Waals surface area contributed by atoms with E-state index in [9.17, 15) is 53.7 Å². The molecule has 0 aromatic heterocycles. The van der Waals surface area contributed by atoms with E-state index in [1.807, 2.05) is 0 Å². The van der Waals surface area contributed by atoms with Crippen molar-refractivity contribution in [3.8, 4) is 0 Å². The van der Waals surface area contributed by atoms with E-state index in [1.165, 1.54) is 4.90 Å². The van der Waals surface area contributed by atoms with Crippen LogP contribution in [0.1, 0.15) is 70.6 Å². The maximum atomic E-state index is 13.9. The molecule has 0 spiro atoms. The summed E-state index contributed by atoms with van der Waals surface area (Å²) in [6.07, 6.45) is 3.89. The highest BCUT2D eigenvalue weighted by Gasteiger charge is 2.39. The molecular formula is C34H64N12O11. The lowest BCUT2D eigenvalue weighted by atomic mass is 10.0. The van der Waals surface area contributed by atoms with Crippen LogP contribution >= 0.6 is 0 Å². The van der Waals surface area contributed by atoms with Gasteiger partial charge in [0.15, 0.2) is 0 Å². The van der Waals surface area contributed by atoms with Crippen LogP contribution in [0, 0.1) is 0 Å². The van der Waals surface area contributed by atoms with Gasteiger partial charge in [0.1, 0.15) is 42.3 Å². The van der Waals surface area contributed by atoms with Crippen LogP contribution in [0.4, 0.5) is 0 Å². The molecule has 8 amide bonds. The van der Waals surface area contributed by atoms with Gasteiger partial charge in [-0.15, -0.1) is 0 Å². The molecule has 1 aliphatic heterocycles. The van der Waals surface area contributed by atoms with E-state index in [2.05, 4.69) is 31.9 Å². The van der Waals surface area contributed by atoms with Crippen molar-refractivity contribution in [2.45, 2.75) is 113 Å². The second-order valence-corrected chi connectivity index (χ2v) is 13.6. The number of aliphatic hydroxyl groups is 3. The molecular weight excluding hydrogens is 752 g/mol.